The lowest BCUT2D eigenvalue weighted by atomic mass is 10.1. The average Bonchev–Trinajstić information content (AvgIpc) is 3.30. The Hall–Kier alpha value is -2.54. The fraction of sp³-hybridized carbons (Fsp3) is 0.333. The van der Waals surface area contributed by atoms with E-state index in [0.717, 1.165) is 22.6 Å². The van der Waals surface area contributed by atoms with E-state index in [2.05, 4.69) is 0 Å². The lowest BCUT2D eigenvalue weighted by Crippen LogP contribution is -2.40. The molecule has 2 aromatic rings. The molecule has 1 fully saturated rings. The van der Waals surface area contributed by atoms with Crippen molar-refractivity contribution >= 4 is 23.2 Å². The Bertz CT molecular complexity index is 831. The average molecular weight is 359 g/mol. The Morgan fingerprint density at radius 3 is 2.72 bits per heavy atom. The van der Waals surface area contributed by atoms with Crippen molar-refractivity contribution < 1.29 is 24.2 Å². The van der Waals surface area contributed by atoms with Crippen LogP contribution in [-0.4, -0.2) is 47.7 Å². The summed E-state index contributed by atoms with van der Waals surface area (Å²) in [5.74, 6) is 0.285. The molecule has 25 heavy (non-hydrogen) atoms. The van der Waals surface area contributed by atoms with E-state index in [4.69, 9.17) is 9.47 Å². The largest absolute Gasteiger partial charge is 0.486 e. The van der Waals surface area contributed by atoms with E-state index in [-0.39, 0.29) is 5.91 Å². The quantitative estimate of drug-likeness (QED) is 0.912. The van der Waals surface area contributed by atoms with Crippen molar-refractivity contribution in [1.29, 1.82) is 0 Å². The van der Waals surface area contributed by atoms with Crippen LogP contribution in [0.1, 0.15) is 22.5 Å². The summed E-state index contributed by atoms with van der Waals surface area (Å²) in [6.45, 7) is 1.56. The molecule has 1 aromatic heterocycles. The van der Waals surface area contributed by atoms with Gasteiger partial charge in [-0.15, -0.1) is 11.3 Å². The molecule has 0 aliphatic carbocycles. The molecule has 0 saturated carbocycles. The molecule has 3 heterocycles. The van der Waals surface area contributed by atoms with Crippen molar-refractivity contribution in [2.45, 2.75) is 18.9 Å². The van der Waals surface area contributed by atoms with Crippen LogP contribution in [0.2, 0.25) is 0 Å². The van der Waals surface area contributed by atoms with Gasteiger partial charge in [-0.2, -0.15) is 0 Å². The molecular weight excluding hydrogens is 342 g/mol. The number of carbonyl (C=O) groups excluding carboxylic acids is 1. The summed E-state index contributed by atoms with van der Waals surface area (Å²) < 4.78 is 11.1. The second kappa shape index (κ2) is 6.40. The summed E-state index contributed by atoms with van der Waals surface area (Å²) in [6.07, 6.45) is 1.24. The van der Waals surface area contributed by atoms with Gasteiger partial charge in [0.25, 0.3) is 5.91 Å². The van der Waals surface area contributed by atoms with Gasteiger partial charge < -0.3 is 19.5 Å². The van der Waals surface area contributed by atoms with E-state index < -0.39 is 12.0 Å². The molecule has 1 amide bonds. The van der Waals surface area contributed by atoms with Crippen LogP contribution in [0.4, 0.5) is 0 Å². The first-order valence-electron chi connectivity index (χ1n) is 8.17. The number of thiophene rings is 1. The van der Waals surface area contributed by atoms with E-state index in [1.54, 1.807) is 6.07 Å². The molecular formula is C18H17NO5S. The molecule has 6 nitrogen and oxygen atoms in total. The molecule has 1 aromatic carbocycles. The van der Waals surface area contributed by atoms with E-state index in [9.17, 15) is 14.7 Å². The second-order valence-electron chi connectivity index (χ2n) is 6.02. The topological polar surface area (TPSA) is 76.1 Å². The number of carbonyl (C=O) groups is 2. The number of carboxylic acids is 1. The molecule has 1 N–H and O–H groups in total. The van der Waals surface area contributed by atoms with Gasteiger partial charge in [-0.1, -0.05) is 0 Å². The predicted molar refractivity (Wildman–Crippen MR) is 92.4 cm³/mol. The van der Waals surface area contributed by atoms with E-state index in [0.29, 0.717) is 36.8 Å². The zero-order chi connectivity index (χ0) is 17.4. The first-order valence-corrected chi connectivity index (χ1v) is 8.99. The van der Waals surface area contributed by atoms with Crippen LogP contribution in [0.3, 0.4) is 0 Å². The standard InChI is InChI=1S/C18H17NO5S/c20-17(19-7-1-2-12(19)18(21)22)16-6-5-15(25-16)11-3-4-13-14(10-11)24-9-8-23-13/h3-6,10,12H,1-2,7-9H2,(H,21,22)/t12-/m0/s1. The minimum absolute atomic E-state index is 0.210. The van der Waals surface area contributed by atoms with E-state index in [1.165, 1.54) is 16.2 Å². The zero-order valence-corrected chi connectivity index (χ0v) is 14.3. The molecule has 1 atom stereocenters. The number of fused-ring (bicyclic) bond motifs is 1. The number of hydrogen-bond donors (Lipinski definition) is 1. The molecule has 0 unspecified atom stereocenters. The Balaban J connectivity index is 1.58. The van der Waals surface area contributed by atoms with Crippen LogP contribution < -0.4 is 9.47 Å². The molecule has 0 radical (unpaired) electrons. The van der Waals surface area contributed by atoms with Gasteiger partial charge in [-0.25, -0.2) is 4.79 Å². The minimum Gasteiger partial charge on any atom is -0.486 e. The molecule has 2 aliphatic heterocycles. The smallest absolute Gasteiger partial charge is 0.326 e. The molecule has 4 rings (SSSR count). The van der Waals surface area contributed by atoms with Gasteiger partial charge in [0, 0.05) is 11.4 Å². The number of nitrogens with zero attached hydrogens (tertiary/aromatic N) is 1. The highest BCUT2D eigenvalue weighted by Crippen LogP contribution is 2.37. The van der Waals surface area contributed by atoms with Crippen molar-refractivity contribution in [1.82, 2.24) is 4.90 Å². The summed E-state index contributed by atoms with van der Waals surface area (Å²) >= 11 is 1.36. The number of benzene rings is 1. The maximum Gasteiger partial charge on any atom is 0.326 e. The van der Waals surface area contributed by atoms with E-state index in [1.807, 2.05) is 24.3 Å². The van der Waals surface area contributed by atoms with Gasteiger partial charge in [0.15, 0.2) is 11.5 Å². The molecule has 0 spiro atoms. The highest BCUT2D eigenvalue weighted by atomic mass is 32.1. The number of hydrogen-bond acceptors (Lipinski definition) is 5. The zero-order valence-electron chi connectivity index (χ0n) is 13.4. The number of carboxylic acid groups (broad SMARTS) is 1. The fourth-order valence-corrected chi connectivity index (χ4v) is 4.17. The van der Waals surface area contributed by atoms with Crippen LogP contribution >= 0.6 is 11.3 Å². The number of aliphatic carboxylic acids is 1. The van der Waals surface area contributed by atoms with Crippen LogP contribution in [0.15, 0.2) is 30.3 Å². The Kier molecular flexibility index (Phi) is 4.09. The molecule has 2 aliphatic rings. The monoisotopic (exact) mass is 359 g/mol. The van der Waals surface area contributed by atoms with Gasteiger partial charge in [0.2, 0.25) is 0 Å². The lowest BCUT2D eigenvalue weighted by molar-refractivity contribution is -0.141. The minimum atomic E-state index is -0.936. The third-order valence-electron chi connectivity index (χ3n) is 4.44. The third-order valence-corrected chi connectivity index (χ3v) is 5.56. The summed E-state index contributed by atoms with van der Waals surface area (Å²) in [6, 6.07) is 8.64. The first kappa shape index (κ1) is 16.0. The Morgan fingerprint density at radius 1 is 1.12 bits per heavy atom. The number of likely N-dealkylation sites (tertiary alicyclic amines) is 1. The van der Waals surface area contributed by atoms with Crippen molar-refractivity contribution in [2.75, 3.05) is 19.8 Å². The Labute approximate surface area is 148 Å². The molecule has 1 saturated heterocycles. The van der Waals surface area contributed by atoms with Gasteiger partial charge in [0.05, 0.1) is 4.88 Å². The van der Waals surface area contributed by atoms with Gasteiger partial charge in [0.1, 0.15) is 19.3 Å². The van der Waals surface area contributed by atoms with Crippen LogP contribution in [0, 0.1) is 0 Å². The lowest BCUT2D eigenvalue weighted by Gasteiger charge is -2.20. The van der Waals surface area contributed by atoms with Crippen molar-refractivity contribution in [2.24, 2.45) is 0 Å². The third kappa shape index (κ3) is 2.95. The number of rotatable bonds is 3. The van der Waals surface area contributed by atoms with Gasteiger partial charge in [-0.05, 0) is 48.7 Å². The highest BCUT2D eigenvalue weighted by molar-refractivity contribution is 7.17. The summed E-state index contributed by atoms with van der Waals surface area (Å²) in [7, 11) is 0. The van der Waals surface area contributed by atoms with Crippen molar-refractivity contribution in [3.63, 3.8) is 0 Å². The normalized spacial score (nSPS) is 19.0. The maximum atomic E-state index is 12.7. The van der Waals surface area contributed by atoms with Crippen LogP contribution in [0.5, 0.6) is 11.5 Å². The Morgan fingerprint density at radius 2 is 1.92 bits per heavy atom. The number of amides is 1. The predicted octanol–water partition coefficient (Wildman–Crippen LogP) is 2.88. The summed E-state index contributed by atoms with van der Waals surface area (Å²) in [5.41, 5.74) is 0.949. The van der Waals surface area contributed by atoms with Crippen LogP contribution in [0.25, 0.3) is 10.4 Å². The highest BCUT2D eigenvalue weighted by Gasteiger charge is 2.34. The molecule has 0 bridgehead atoms. The first-order chi connectivity index (χ1) is 12.1. The van der Waals surface area contributed by atoms with Crippen molar-refractivity contribution in [3.8, 4) is 21.9 Å². The number of ether oxygens (including phenoxy) is 2. The SMILES string of the molecule is O=C(O)[C@@H]1CCCN1C(=O)c1ccc(-c2ccc3c(c2)OCCO3)s1. The maximum absolute atomic E-state index is 12.7. The fourth-order valence-electron chi connectivity index (χ4n) is 3.21. The summed E-state index contributed by atoms with van der Waals surface area (Å²) in [5, 5.41) is 9.26. The van der Waals surface area contributed by atoms with Gasteiger partial charge in [-0.3, -0.25) is 4.79 Å². The van der Waals surface area contributed by atoms with Gasteiger partial charge >= 0.3 is 5.97 Å². The summed E-state index contributed by atoms with van der Waals surface area (Å²) in [4.78, 5) is 26.9. The van der Waals surface area contributed by atoms with Crippen molar-refractivity contribution in [3.05, 3.63) is 35.2 Å². The second-order valence-corrected chi connectivity index (χ2v) is 7.10. The van der Waals surface area contributed by atoms with E-state index >= 15 is 0 Å². The van der Waals surface area contributed by atoms with Crippen LogP contribution in [-0.2, 0) is 4.79 Å². The molecule has 130 valence electrons. The molecule has 7 heteroatoms.